The average molecular weight is 194 g/mol. The van der Waals surface area contributed by atoms with E-state index in [1.165, 1.54) is 6.07 Å². The number of nitrogens with two attached hydrogens (primary N) is 1. The summed E-state index contributed by atoms with van der Waals surface area (Å²) in [6, 6.07) is 4.76. The van der Waals surface area contributed by atoms with E-state index in [0.717, 1.165) is 12.2 Å². The lowest BCUT2D eigenvalue weighted by atomic mass is 10.1. The maximum Gasteiger partial charge on any atom is 0.335 e. The van der Waals surface area contributed by atoms with Gasteiger partial charge < -0.3 is 15.7 Å². The Morgan fingerprint density at radius 2 is 2.21 bits per heavy atom. The highest BCUT2D eigenvalue weighted by atomic mass is 16.4. The number of carboxylic acids is 1. The van der Waals surface area contributed by atoms with Crippen LogP contribution in [0.3, 0.4) is 0 Å². The SMILES string of the molecule is CCN(C)c1ccc(C(=O)O)cc1N. The van der Waals surface area contributed by atoms with Gasteiger partial charge in [0.05, 0.1) is 16.9 Å². The van der Waals surface area contributed by atoms with Crippen molar-refractivity contribution in [2.75, 3.05) is 24.2 Å². The second-order valence-corrected chi connectivity index (χ2v) is 3.09. The number of rotatable bonds is 3. The molecular formula is C10H14N2O2. The number of carbonyl (C=O) groups is 1. The third-order valence-electron chi connectivity index (χ3n) is 2.16. The molecule has 0 radical (unpaired) electrons. The first kappa shape index (κ1) is 10.4. The number of aromatic carboxylic acids is 1. The summed E-state index contributed by atoms with van der Waals surface area (Å²) < 4.78 is 0. The minimum atomic E-state index is -0.956. The van der Waals surface area contributed by atoms with Gasteiger partial charge in [0.25, 0.3) is 0 Å². The molecule has 0 saturated carbocycles. The van der Waals surface area contributed by atoms with Crippen LogP contribution in [0.1, 0.15) is 17.3 Å². The number of hydrogen-bond acceptors (Lipinski definition) is 3. The Kier molecular flexibility index (Phi) is 2.96. The van der Waals surface area contributed by atoms with Gasteiger partial charge in [0.1, 0.15) is 0 Å². The summed E-state index contributed by atoms with van der Waals surface area (Å²) in [7, 11) is 1.91. The summed E-state index contributed by atoms with van der Waals surface area (Å²) in [4.78, 5) is 12.6. The molecule has 0 aliphatic carbocycles. The van der Waals surface area contributed by atoms with E-state index in [2.05, 4.69) is 0 Å². The Bertz CT molecular complexity index is 350. The molecule has 0 unspecified atom stereocenters. The van der Waals surface area contributed by atoms with E-state index in [-0.39, 0.29) is 5.56 Å². The summed E-state index contributed by atoms with van der Waals surface area (Å²) in [6.07, 6.45) is 0. The van der Waals surface area contributed by atoms with E-state index in [0.29, 0.717) is 5.69 Å². The van der Waals surface area contributed by atoms with Gasteiger partial charge in [0, 0.05) is 13.6 Å². The Hall–Kier alpha value is -1.71. The van der Waals surface area contributed by atoms with Crippen LogP contribution in [0.4, 0.5) is 11.4 Å². The van der Waals surface area contributed by atoms with Crippen LogP contribution in [-0.4, -0.2) is 24.7 Å². The molecule has 0 amide bonds. The molecule has 0 aliphatic heterocycles. The average Bonchev–Trinajstić information content (AvgIpc) is 2.16. The van der Waals surface area contributed by atoms with E-state index in [9.17, 15) is 4.79 Å². The van der Waals surface area contributed by atoms with Crippen molar-refractivity contribution in [3.8, 4) is 0 Å². The summed E-state index contributed by atoms with van der Waals surface area (Å²) in [5.41, 5.74) is 7.30. The second-order valence-electron chi connectivity index (χ2n) is 3.09. The van der Waals surface area contributed by atoms with Crippen molar-refractivity contribution in [1.82, 2.24) is 0 Å². The van der Waals surface area contributed by atoms with E-state index < -0.39 is 5.97 Å². The summed E-state index contributed by atoms with van der Waals surface area (Å²) in [5.74, 6) is -0.956. The molecule has 4 heteroatoms. The number of carboxylic acid groups (broad SMARTS) is 1. The first-order valence-electron chi connectivity index (χ1n) is 4.40. The highest BCUT2D eigenvalue weighted by Crippen LogP contribution is 2.22. The third kappa shape index (κ3) is 1.96. The molecule has 1 aromatic carbocycles. The topological polar surface area (TPSA) is 66.6 Å². The molecular weight excluding hydrogens is 180 g/mol. The summed E-state index contributed by atoms with van der Waals surface area (Å²) in [5, 5.41) is 8.73. The predicted molar refractivity (Wildman–Crippen MR) is 56.8 cm³/mol. The van der Waals surface area contributed by atoms with Crippen molar-refractivity contribution in [3.63, 3.8) is 0 Å². The van der Waals surface area contributed by atoms with Crippen molar-refractivity contribution in [1.29, 1.82) is 0 Å². The second kappa shape index (κ2) is 4.00. The maximum absolute atomic E-state index is 10.6. The summed E-state index contributed by atoms with van der Waals surface area (Å²) in [6.45, 7) is 2.83. The molecule has 1 rings (SSSR count). The highest BCUT2D eigenvalue weighted by molar-refractivity contribution is 5.90. The molecule has 3 N–H and O–H groups in total. The van der Waals surface area contributed by atoms with Gasteiger partial charge in [-0.1, -0.05) is 0 Å². The van der Waals surface area contributed by atoms with Gasteiger partial charge in [-0.3, -0.25) is 0 Å². The zero-order valence-electron chi connectivity index (χ0n) is 8.32. The summed E-state index contributed by atoms with van der Waals surface area (Å²) >= 11 is 0. The third-order valence-corrected chi connectivity index (χ3v) is 2.16. The van der Waals surface area contributed by atoms with Gasteiger partial charge in [0.2, 0.25) is 0 Å². The fourth-order valence-corrected chi connectivity index (χ4v) is 1.21. The van der Waals surface area contributed by atoms with Crippen LogP contribution in [0, 0.1) is 0 Å². The Morgan fingerprint density at radius 3 is 2.64 bits per heavy atom. The van der Waals surface area contributed by atoms with Gasteiger partial charge in [-0.05, 0) is 25.1 Å². The van der Waals surface area contributed by atoms with Crippen LogP contribution in [0.15, 0.2) is 18.2 Å². The number of benzene rings is 1. The first-order chi connectivity index (χ1) is 6.56. The fraction of sp³-hybridized carbons (Fsp3) is 0.300. The Morgan fingerprint density at radius 1 is 1.57 bits per heavy atom. The lowest BCUT2D eigenvalue weighted by Crippen LogP contribution is -2.17. The Labute approximate surface area is 82.9 Å². The van der Waals surface area contributed by atoms with E-state index in [1.54, 1.807) is 12.1 Å². The minimum absolute atomic E-state index is 0.218. The molecule has 4 nitrogen and oxygen atoms in total. The maximum atomic E-state index is 10.6. The van der Waals surface area contributed by atoms with Crippen LogP contribution >= 0.6 is 0 Å². The molecule has 0 saturated heterocycles. The molecule has 14 heavy (non-hydrogen) atoms. The van der Waals surface area contributed by atoms with Crippen LogP contribution in [0.2, 0.25) is 0 Å². The number of nitrogen functional groups attached to an aromatic ring is 1. The van der Waals surface area contributed by atoms with E-state index in [4.69, 9.17) is 10.8 Å². The number of nitrogens with zero attached hydrogens (tertiary/aromatic N) is 1. The van der Waals surface area contributed by atoms with Crippen LogP contribution in [0.25, 0.3) is 0 Å². The predicted octanol–water partition coefficient (Wildman–Crippen LogP) is 1.42. The van der Waals surface area contributed by atoms with Gasteiger partial charge in [-0.25, -0.2) is 4.79 Å². The van der Waals surface area contributed by atoms with Crippen LogP contribution in [0.5, 0.6) is 0 Å². The number of hydrogen-bond donors (Lipinski definition) is 2. The smallest absolute Gasteiger partial charge is 0.335 e. The fourth-order valence-electron chi connectivity index (χ4n) is 1.21. The quantitative estimate of drug-likeness (QED) is 0.714. The standard InChI is InChI=1S/C10H14N2O2/c1-3-12(2)9-5-4-7(10(13)14)6-8(9)11/h4-6H,3,11H2,1-2H3,(H,13,14). The van der Waals surface area contributed by atoms with Gasteiger partial charge in [-0.2, -0.15) is 0 Å². The van der Waals surface area contributed by atoms with Crippen LogP contribution < -0.4 is 10.6 Å². The lowest BCUT2D eigenvalue weighted by Gasteiger charge is -2.18. The molecule has 0 atom stereocenters. The molecule has 0 heterocycles. The molecule has 0 aromatic heterocycles. The molecule has 0 fully saturated rings. The largest absolute Gasteiger partial charge is 0.478 e. The van der Waals surface area contributed by atoms with Crippen molar-refractivity contribution < 1.29 is 9.90 Å². The molecule has 0 aliphatic rings. The van der Waals surface area contributed by atoms with Crippen LogP contribution in [-0.2, 0) is 0 Å². The van der Waals surface area contributed by atoms with Crippen molar-refractivity contribution in [2.45, 2.75) is 6.92 Å². The first-order valence-corrected chi connectivity index (χ1v) is 4.40. The molecule has 0 bridgehead atoms. The molecule has 0 spiro atoms. The van der Waals surface area contributed by atoms with Crippen molar-refractivity contribution >= 4 is 17.3 Å². The van der Waals surface area contributed by atoms with E-state index in [1.807, 2.05) is 18.9 Å². The van der Waals surface area contributed by atoms with Gasteiger partial charge in [-0.15, -0.1) is 0 Å². The van der Waals surface area contributed by atoms with Gasteiger partial charge >= 0.3 is 5.97 Å². The van der Waals surface area contributed by atoms with Crippen molar-refractivity contribution in [3.05, 3.63) is 23.8 Å². The van der Waals surface area contributed by atoms with Crippen molar-refractivity contribution in [2.24, 2.45) is 0 Å². The molecule has 1 aromatic rings. The highest BCUT2D eigenvalue weighted by Gasteiger charge is 2.07. The normalized spacial score (nSPS) is 9.86. The molecule has 76 valence electrons. The monoisotopic (exact) mass is 194 g/mol. The Balaban J connectivity index is 3.07. The minimum Gasteiger partial charge on any atom is -0.478 e. The number of anilines is 2. The lowest BCUT2D eigenvalue weighted by molar-refractivity contribution is 0.0697. The zero-order valence-corrected chi connectivity index (χ0v) is 8.32. The zero-order chi connectivity index (χ0) is 10.7. The van der Waals surface area contributed by atoms with E-state index >= 15 is 0 Å². The van der Waals surface area contributed by atoms with Gasteiger partial charge in [0.15, 0.2) is 0 Å².